The molecule has 0 aromatic heterocycles. The minimum Gasteiger partial charge on any atom is -0.508 e. The van der Waals surface area contributed by atoms with Crippen molar-refractivity contribution in [3.63, 3.8) is 0 Å². The lowest BCUT2D eigenvalue weighted by Crippen LogP contribution is -2.46. The summed E-state index contributed by atoms with van der Waals surface area (Å²) in [6.45, 7) is 4.13. The Morgan fingerprint density at radius 2 is 2.06 bits per heavy atom. The Hall–Kier alpha value is -2.32. The Morgan fingerprint density at radius 1 is 1.29 bits per heavy atom. The van der Waals surface area contributed by atoms with Gasteiger partial charge in [0, 0.05) is 37.6 Å². The molecule has 0 unspecified atom stereocenters. The number of anilines is 1. The lowest BCUT2D eigenvalue weighted by Gasteiger charge is -2.39. The van der Waals surface area contributed by atoms with E-state index in [9.17, 15) is 15.0 Å². The number of aliphatic hydroxyl groups is 1. The Labute approximate surface area is 186 Å². The molecule has 2 aliphatic heterocycles. The largest absolute Gasteiger partial charge is 0.508 e. The number of rotatable bonds is 6. The fourth-order valence-corrected chi connectivity index (χ4v) is 4.59. The van der Waals surface area contributed by atoms with Gasteiger partial charge in [-0.2, -0.15) is 0 Å². The van der Waals surface area contributed by atoms with Crippen LogP contribution >= 0.6 is 11.6 Å². The number of hydrogen-bond donors (Lipinski definition) is 3. The molecule has 1 atom stereocenters. The highest BCUT2D eigenvalue weighted by molar-refractivity contribution is 6.30. The average molecular weight is 447 g/mol. The summed E-state index contributed by atoms with van der Waals surface area (Å²) >= 11 is 6.11. The fraction of sp³-hybridized carbons (Fsp3) is 0.435. The van der Waals surface area contributed by atoms with E-state index in [2.05, 4.69) is 16.3 Å². The van der Waals surface area contributed by atoms with Crippen molar-refractivity contribution < 1.29 is 24.5 Å². The Kier molecular flexibility index (Phi) is 6.39. The third-order valence-electron chi connectivity index (χ3n) is 5.90. The number of carbonyl (C=O) groups is 1. The van der Waals surface area contributed by atoms with E-state index >= 15 is 0 Å². The van der Waals surface area contributed by atoms with Crippen molar-refractivity contribution >= 4 is 23.2 Å². The van der Waals surface area contributed by atoms with Crippen LogP contribution in [0, 0.1) is 0 Å². The molecule has 166 valence electrons. The zero-order chi connectivity index (χ0) is 22.0. The van der Waals surface area contributed by atoms with Crippen LogP contribution in [0.25, 0.3) is 0 Å². The fourth-order valence-electron chi connectivity index (χ4n) is 4.39. The molecule has 3 N–H and O–H groups in total. The molecule has 8 heteroatoms. The number of phenols is 1. The summed E-state index contributed by atoms with van der Waals surface area (Å²) in [6.07, 6.45) is 1.00. The number of ether oxygens (including phenoxy) is 2. The quantitative estimate of drug-likeness (QED) is 0.590. The van der Waals surface area contributed by atoms with Gasteiger partial charge in [-0.1, -0.05) is 17.7 Å². The van der Waals surface area contributed by atoms with E-state index in [1.165, 1.54) is 24.6 Å². The van der Waals surface area contributed by atoms with Gasteiger partial charge in [0.05, 0.1) is 17.9 Å². The monoisotopic (exact) mass is 446 g/mol. The number of piperidine rings is 1. The van der Waals surface area contributed by atoms with Gasteiger partial charge in [0.2, 0.25) is 5.91 Å². The SMILES string of the molecule is CC(=O)Nc1ccc(O)cc1OC[C@H](O)CN1CCC2(CC1)OCc1cc(Cl)ccc12. The molecule has 2 heterocycles. The van der Waals surface area contributed by atoms with Crippen LogP contribution in [0.1, 0.15) is 30.9 Å². The number of phenolic OH excluding ortho intramolecular Hbond substituents is 1. The predicted octanol–water partition coefficient (Wildman–Crippen LogP) is 3.27. The minimum atomic E-state index is -0.711. The number of amides is 1. The number of fused-ring (bicyclic) bond motifs is 2. The maximum Gasteiger partial charge on any atom is 0.221 e. The number of hydrogen-bond acceptors (Lipinski definition) is 6. The van der Waals surface area contributed by atoms with E-state index < -0.39 is 6.10 Å². The summed E-state index contributed by atoms with van der Waals surface area (Å²) < 4.78 is 11.9. The topological polar surface area (TPSA) is 91.3 Å². The molecular formula is C23H27ClN2O5. The number of benzene rings is 2. The zero-order valence-corrected chi connectivity index (χ0v) is 18.2. The smallest absolute Gasteiger partial charge is 0.221 e. The first-order valence-corrected chi connectivity index (χ1v) is 10.8. The predicted molar refractivity (Wildman–Crippen MR) is 118 cm³/mol. The van der Waals surface area contributed by atoms with Gasteiger partial charge in [-0.3, -0.25) is 4.79 Å². The van der Waals surface area contributed by atoms with E-state index in [1.54, 1.807) is 6.07 Å². The van der Waals surface area contributed by atoms with Gasteiger partial charge < -0.3 is 29.9 Å². The van der Waals surface area contributed by atoms with Crippen LogP contribution in [0.2, 0.25) is 5.02 Å². The van der Waals surface area contributed by atoms with Crippen molar-refractivity contribution in [3.05, 3.63) is 52.5 Å². The number of aliphatic hydroxyl groups excluding tert-OH is 1. The minimum absolute atomic E-state index is 0.0260. The molecule has 1 saturated heterocycles. The second-order valence-electron chi connectivity index (χ2n) is 8.21. The van der Waals surface area contributed by atoms with Crippen LogP contribution in [0.15, 0.2) is 36.4 Å². The summed E-state index contributed by atoms with van der Waals surface area (Å²) in [5.41, 5.74) is 2.59. The second-order valence-corrected chi connectivity index (χ2v) is 8.65. The highest BCUT2D eigenvalue weighted by Gasteiger charge is 2.42. The molecule has 2 aromatic carbocycles. The van der Waals surface area contributed by atoms with E-state index in [-0.39, 0.29) is 23.9 Å². The molecule has 2 aliphatic rings. The van der Waals surface area contributed by atoms with Gasteiger partial charge >= 0.3 is 0 Å². The van der Waals surface area contributed by atoms with Crippen LogP contribution in [0.3, 0.4) is 0 Å². The molecular weight excluding hydrogens is 420 g/mol. The molecule has 0 radical (unpaired) electrons. The highest BCUT2D eigenvalue weighted by Crippen LogP contribution is 2.44. The highest BCUT2D eigenvalue weighted by atomic mass is 35.5. The van der Waals surface area contributed by atoms with Gasteiger partial charge in [0.25, 0.3) is 0 Å². The number of nitrogens with one attached hydrogen (secondary N) is 1. The van der Waals surface area contributed by atoms with Gasteiger partial charge in [-0.05, 0) is 48.2 Å². The van der Waals surface area contributed by atoms with E-state index in [1.807, 2.05) is 12.1 Å². The molecule has 2 aromatic rings. The number of carbonyl (C=O) groups excluding carboxylic acids is 1. The third-order valence-corrected chi connectivity index (χ3v) is 6.14. The third kappa shape index (κ3) is 4.96. The van der Waals surface area contributed by atoms with Crippen molar-refractivity contribution in [3.8, 4) is 11.5 Å². The Bertz CT molecular complexity index is 959. The molecule has 1 spiro atoms. The summed E-state index contributed by atoms with van der Waals surface area (Å²) in [5, 5.41) is 23.6. The first-order chi connectivity index (χ1) is 14.8. The molecule has 1 fully saturated rings. The maximum absolute atomic E-state index is 11.3. The van der Waals surface area contributed by atoms with Crippen molar-refractivity contribution in [2.24, 2.45) is 0 Å². The van der Waals surface area contributed by atoms with Crippen LogP contribution < -0.4 is 10.1 Å². The Morgan fingerprint density at radius 3 is 2.81 bits per heavy atom. The molecule has 31 heavy (non-hydrogen) atoms. The van der Waals surface area contributed by atoms with Crippen LogP contribution in [0.4, 0.5) is 5.69 Å². The molecule has 0 bridgehead atoms. The number of β-amino-alcohol motifs (C(OH)–C–C–N with tert-alkyl or cyclic N) is 1. The number of aromatic hydroxyl groups is 1. The van der Waals surface area contributed by atoms with E-state index in [0.717, 1.165) is 36.5 Å². The summed E-state index contributed by atoms with van der Waals surface area (Å²) in [5.74, 6) is 0.107. The zero-order valence-electron chi connectivity index (χ0n) is 17.4. The molecule has 4 rings (SSSR count). The number of halogens is 1. The van der Waals surface area contributed by atoms with E-state index in [0.29, 0.717) is 24.6 Å². The van der Waals surface area contributed by atoms with Crippen LogP contribution in [-0.4, -0.2) is 53.4 Å². The van der Waals surface area contributed by atoms with Crippen LogP contribution in [0.5, 0.6) is 11.5 Å². The molecule has 0 aliphatic carbocycles. The lowest BCUT2D eigenvalue weighted by molar-refractivity contribution is -0.114. The van der Waals surface area contributed by atoms with Crippen molar-refractivity contribution in [1.29, 1.82) is 0 Å². The van der Waals surface area contributed by atoms with Gasteiger partial charge in [-0.25, -0.2) is 0 Å². The lowest BCUT2D eigenvalue weighted by atomic mass is 9.84. The van der Waals surface area contributed by atoms with Crippen molar-refractivity contribution in [1.82, 2.24) is 4.90 Å². The average Bonchev–Trinajstić information content (AvgIpc) is 3.07. The first-order valence-electron chi connectivity index (χ1n) is 10.4. The van der Waals surface area contributed by atoms with Gasteiger partial charge in [-0.15, -0.1) is 0 Å². The second kappa shape index (κ2) is 9.04. The summed E-state index contributed by atoms with van der Waals surface area (Å²) in [6, 6.07) is 10.4. The van der Waals surface area contributed by atoms with E-state index in [4.69, 9.17) is 21.1 Å². The molecule has 1 amide bonds. The van der Waals surface area contributed by atoms with Gasteiger partial charge in [0.1, 0.15) is 24.2 Å². The summed E-state index contributed by atoms with van der Waals surface area (Å²) in [7, 11) is 0. The Balaban J connectivity index is 1.30. The van der Waals surface area contributed by atoms with Crippen molar-refractivity contribution in [2.45, 2.75) is 38.1 Å². The standard InChI is InChI=1S/C23H27ClN2O5/c1-15(27)25-21-5-3-18(28)11-22(21)30-14-19(29)12-26-8-6-23(7-9-26)20-4-2-17(24)10-16(20)13-31-23/h2-5,10-11,19,28-29H,6-9,12-14H2,1H3,(H,25,27)/t19-/m1/s1. The summed E-state index contributed by atoms with van der Waals surface area (Å²) in [4.78, 5) is 13.6. The number of likely N-dealkylation sites (tertiary alicyclic amines) is 1. The number of nitrogens with zero attached hydrogens (tertiary/aromatic N) is 1. The van der Waals surface area contributed by atoms with Crippen LogP contribution in [-0.2, 0) is 21.7 Å². The molecule has 7 nitrogen and oxygen atoms in total. The van der Waals surface area contributed by atoms with Crippen molar-refractivity contribution in [2.75, 3.05) is 31.6 Å². The maximum atomic E-state index is 11.3. The normalized spacial score (nSPS) is 18.5. The molecule has 0 saturated carbocycles. The van der Waals surface area contributed by atoms with Gasteiger partial charge in [0.15, 0.2) is 0 Å². The first kappa shape index (κ1) is 21.9.